The minimum atomic E-state index is -3.54. The Labute approximate surface area is 232 Å². The Bertz CT molecular complexity index is 1210. The van der Waals surface area contributed by atoms with E-state index in [4.69, 9.17) is 11.6 Å². The molecule has 9 heteroatoms. The molecule has 1 atom stereocenters. The molecule has 3 rings (SSSR count). The summed E-state index contributed by atoms with van der Waals surface area (Å²) >= 11 is 6.05. The lowest BCUT2D eigenvalue weighted by atomic mass is 10.1. The van der Waals surface area contributed by atoms with Crippen LogP contribution in [0.3, 0.4) is 0 Å². The smallest absolute Gasteiger partial charge is 0.243 e. The van der Waals surface area contributed by atoms with Crippen molar-refractivity contribution in [2.45, 2.75) is 84.3 Å². The summed E-state index contributed by atoms with van der Waals surface area (Å²) in [7, 11) is -3.54. The summed E-state index contributed by atoms with van der Waals surface area (Å²) in [5, 5.41) is 3.75. The summed E-state index contributed by atoms with van der Waals surface area (Å²) in [6.45, 7) is 6.16. The van der Waals surface area contributed by atoms with Gasteiger partial charge in [-0.3, -0.25) is 13.9 Å². The van der Waals surface area contributed by atoms with E-state index in [9.17, 15) is 18.0 Å². The van der Waals surface area contributed by atoms with Gasteiger partial charge in [0.2, 0.25) is 21.8 Å². The van der Waals surface area contributed by atoms with Gasteiger partial charge in [0.25, 0.3) is 0 Å². The second-order valence-corrected chi connectivity index (χ2v) is 12.6. The summed E-state index contributed by atoms with van der Waals surface area (Å²) in [5.74, 6) is -0.308. The topological polar surface area (TPSA) is 86.8 Å². The summed E-state index contributed by atoms with van der Waals surface area (Å²) in [6.07, 6.45) is 6.26. The van der Waals surface area contributed by atoms with Gasteiger partial charge in [0.1, 0.15) is 6.04 Å². The Hall–Kier alpha value is -2.58. The number of amides is 2. The van der Waals surface area contributed by atoms with Gasteiger partial charge in [0, 0.05) is 30.6 Å². The van der Waals surface area contributed by atoms with E-state index in [0.29, 0.717) is 23.6 Å². The fourth-order valence-electron chi connectivity index (χ4n) is 5.04. The number of hydrogen-bond acceptors (Lipinski definition) is 4. The van der Waals surface area contributed by atoms with Crippen molar-refractivity contribution in [3.8, 4) is 0 Å². The van der Waals surface area contributed by atoms with Crippen molar-refractivity contribution in [1.29, 1.82) is 0 Å². The molecule has 1 N–H and O–H groups in total. The lowest BCUT2D eigenvalue weighted by molar-refractivity contribution is -0.141. The zero-order valence-corrected chi connectivity index (χ0v) is 24.4. The Balaban J connectivity index is 1.77. The first-order chi connectivity index (χ1) is 18.0. The van der Waals surface area contributed by atoms with E-state index in [2.05, 4.69) is 5.32 Å². The number of nitrogens with one attached hydrogen (secondary N) is 1. The highest BCUT2D eigenvalue weighted by molar-refractivity contribution is 7.92. The maximum Gasteiger partial charge on any atom is 0.243 e. The molecule has 0 unspecified atom stereocenters. The van der Waals surface area contributed by atoms with Crippen LogP contribution in [0.4, 0.5) is 5.69 Å². The van der Waals surface area contributed by atoms with Crippen LogP contribution in [-0.2, 0) is 26.2 Å². The van der Waals surface area contributed by atoms with E-state index in [1.165, 1.54) is 10.6 Å². The maximum atomic E-state index is 13.6. The van der Waals surface area contributed by atoms with Crippen LogP contribution >= 0.6 is 11.6 Å². The minimum absolute atomic E-state index is 0.123. The van der Waals surface area contributed by atoms with Crippen molar-refractivity contribution >= 4 is 39.1 Å². The van der Waals surface area contributed by atoms with Gasteiger partial charge in [0.15, 0.2) is 0 Å². The van der Waals surface area contributed by atoms with Crippen molar-refractivity contribution < 1.29 is 18.0 Å². The molecule has 0 radical (unpaired) electrons. The van der Waals surface area contributed by atoms with Crippen LogP contribution in [0.5, 0.6) is 0 Å². The first-order valence-corrected chi connectivity index (χ1v) is 15.6. The summed E-state index contributed by atoms with van der Waals surface area (Å²) < 4.78 is 26.7. The normalized spacial score (nSPS) is 14.8. The second kappa shape index (κ2) is 13.5. The molecule has 0 aromatic heterocycles. The van der Waals surface area contributed by atoms with Crippen LogP contribution in [0.1, 0.15) is 68.6 Å². The predicted molar refractivity (Wildman–Crippen MR) is 154 cm³/mol. The number of aryl methyl sites for hydroxylation is 2. The van der Waals surface area contributed by atoms with Gasteiger partial charge < -0.3 is 10.2 Å². The lowest BCUT2D eigenvalue weighted by Gasteiger charge is -2.32. The Kier molecular flexibility index (Phi) is 10.6. The summed E-state index contributed by atoms with van der Waals surface area (Å²) in [4.78, 5) is 28.5. The Morgan fingerprint density at radius 3 is 2.34 bits per heavy atom. The second-order valence-electron chi connectivity index (χ2n) is 10.3. The molecule has 38 heavy (non-hydrogen) atoms. The number of halogens is 1. The minimum Gasteiger partial charge on any atom is -0.352 e. The molecular formula is C29H40ClN3O4S. The fourth-order valence-corrected chi connectivity index (χ4v) is 6.18. The number of rotatable bonds is 12. The van der Waals surface area contributed by atoms with Crippen molar-refractivity contribution in [1.82, 2.24) is 10.2 Å². The molecule has 7 nitrogen and oxygen atoms in total. The van der Waals surface area contributed by atoms with Gasteiger partial charge in [-0.2, -0.15) is 0 Å². The van der Waals surface area contributed by atoms with Crippen molar-refractivity contribution in [2.24, 2.45) is 0 Å². The van der Waals surface area contributed by atoms with E-state index < -0.39 is 16.1 Å². The molecule has 1 aliphatic carbocycles. The number of anilines is 1. The highest BCUT2D eigenvalue weighted by atomic mass is 35.5. The zero-order valence-electron chi connectivity index (χ0n) is 22.9. The molecule has 0 aliphatic heterocycles. The average Bonchev–Trinajstić information content (AvgIpc) is 3.36. The van der Waals surface area contributed by atoms with Crippen molar-refractivity contribution in [3.63, 3.8) is 0 Å². The number of benzene rings is 2. The van der Waals surface area contributed by atoms with Crippen LogP contribution in [0.25, 0.3) is 0 Å². The molecule has 1 fully saturated rings. The van der Waals surface area contributed by atoms with Gasteiger partial charge in [-0.1, -0.05) is 55.6 Å². The number of carbonyl (C=O) groups is 2. The number of sulfonamides is 1. The third-order valence-electron chi connectivity index (χ3n) is 7.14. The van der Waals surface area contributed by atoms with Gasteiger partial charge in [-0.25, -0.2) is 8.42 Å². The highest BCUT2D eigenvalue weighted by Crippen LogP contribution is 2.25. The number of nitrogens with zero attached hydrogens (tertiary/aromatic N) is 2. The average molecular weight is 562 g/mol. The van der Waals surface area contributed by atoms with Crippen molar-refractivity contribution in [2.75, 3.05) is 17.1 Å². The van der Waals surface area contributed by atoms with Crippen LogP contribution in [0, 0.1) is 13.8 Å². The summed E-state index contributed by atoms with van der Waals surface area (Å²) in [5.41, 5.74) is 3.32. The fraction of sp³-hybridized carbons (Fsp3) is 0.517. The van der Waals surface area contributed by atoms with E-state index >= 15 is 0 Å². The first kappa shape index (κ1) is 30.0. The zero-order chi connectivity index (χ0) is 27.9. The standard InChI is InChI=1S/C29H40ClN3O4S/c1-5-26(29(35)31-25-9-6-7-10-25)32(20-23-14-16-24(30)17-15-23)28(34)11-8-18-33(38(4,36)37)27-19-21(2)12-13-22(27)3/h12-17,19,25-26H,5-11,18,20H2,1-4H3,(H,31,35)/t26-/m0/s1. The highest BCUT2D eigenvalue weighted by Gasteiger charge is 2.30. The molecule has 2 amide bonds. The third kappa shape index (κ3) is 8.21. The van der Waals surface area contributed by atoms with Crippen LogP contribution < -0.4 is 9.62 Å². The Morgan fingerprint density at radius 2 is 1.74 bits per heavy atom. The van der Waals surface area contributed by atoms with Crippen LogP contribution in [-0.4, -0.2) is 50.0 Å². The van der Waals surface area contributed by atoms with Gasteiger partial charge in [-0.05, 0) is 74.4 Å². The van der Waals surface area contributed by atoms with E-state index in [0.717, 1.165) is 42.4 Å². The molecule has 0 heterocycles. The molecule has 0 spiro atoms. The van der Waals surface area contributed by atoms with Crippen LogP contribution in [0.2, 0.25) is 5.02 Å². The number of carbonyl (C=O) groups excluding carboxylic acids is 2. The molecule has 1 aliphatic rings. The molecule has 0 bridgehead atoms. The van der Waals surface area contributed by atoms with E-state index in [1.807, 2.05) is 51.1 Å². The third-order valence-corrected chi connectivity index (χ3v) is 8.57. The maximum absolute atomic E-state index is 13.6. The lowest BCUT2D eigenvalue weighted by Crippen LogP contribution is -2.51. The molecule has 208 valence electrons. The molecule has 0 saturated heterocycles. The monoisotopic (exact) mass is 561 g/mol. The Morgan fingerprint density at radius 1 is 1.08 bits per heavy atom. The number of hydrogen-bond donors (Lipinski definition) is 1. The van der Waals surface area contributed by atoms with Gasteiger partial charge in [0.05, 0.1) is 11.9 Å². The molecule has 1 saturated carbocycles. The van der Waals surface area contributed by atoms with E-state index in [-0.39, 0.29) is 37.4 Å². The molecule has 2 aromatic carbocycles. The molecule has 2 aromatic rings. The SMILES string of the molecule is CC[C@@H](C(=O)NC1CCCC1)N(Cc1ccc(Cl)cc1)C(=O)CCCN(c1cc(C)ccc1C)S(C)(=O)=O. The van der Waals surface area contributed by atoms with Crippen LogP contribution in [0.15, 0.2) is 42.5 Å². The predicted octanol–water partition coefficient (Wildman–Crippen LogP) is 5.37. The summed E-state index contributed by atoms with van der Waals surface area (Å²) in [6, 6.07) is 12.5. The van der Waals surface area contributed by atoms with Crippen molar-refractivity contribution in [3.05, 3.63) is 64.2 Å². The quantitative estimate of drug-likeness (QED) is 0.377. The van der Waals surface area contributed by atoms with E-state index in [1.54, 1.807) is 17.0 Å². The molecular weight excluding hydrogens is 522 g/mol. The van der Waals surface area contributed by atoms with Gasteiger partial charge >= 0.3 is 0 Å². The van der Waals surface area contributed by atoms with Gasteiger partial charge in [-0.15, -0.1) is 0 Å². The largest absolute Gasteiger partial charge is 0.352 e. The first-order valence-electron chi connectivity index (χ1n) is 13.4.